The molecule has 104 valence electrons. The Labute approximate surface area is 111 Å². The summed E-state index contributed by atoms with van der Waals surface area (Å²) in [5, 5.41) is 12.5. The van der Waals surface area contributed by atoms with Crippen molar-refractivity contribution in [3.05, 3.63) is 35.6 Å². The van der Waals surface area contributed by atoms with E-state index >= 15 is 0 Å². The average Bonchev–Trinajstić information content (AvgIpc) is 2.82. The minimum Gasteiger partial charge on any atom is -0.386 e. The topological polar surface area (TPSA) is 75.4 Å². The Hall–Kier alpha value is -1.46. The maximum absolute atomic E-state index is 13.4. The van der Waals surface area contributed by atoms with Crippen LogP contribution in [0.2, 0.25) is 0 Å². The number of hydrogen-bond donors (Lipinski definition) is 3. The number of benzene rings is 1. The van der Waals surface area contributed by atoms with E-state index in [1.54, 1.807) is 12.1 Å². The van der Waals surface area contributed by atoms with Gasteiger partial charge >= 0.3 is 0 Å². The molecule has 1 saturated carbocycles. The molecule has 4 N–H and O–H groups in total. The smallest absolute Gasteiger partial charge is 0.224 e. The Balaban J connectivity index is 1.88. The van der Waals surface area contributed by atoms with Crippen molar-refractivity contribution < 1.29 is 14.3 Å². The number of aliphatic hydroxyl groups is 1. The van der Waals surface area contributed by atoms with Crippen LogP contribution in [-0.4, -0.2) is 23.6 Å². The molecular weight excluding hydrogens is 247 g/mol. The van der Waals surface area contributed by atoms with Crippen LogP contribution in [0.25, 0.3) is 0 Å². The molecule has 0 radical (unpaired) electrons. The summed E-state index contributed by atoms with van der Waals surface area (Å²) in [5.41, 5.74) is 6.03. The summed E-state index contributed by atoms with van der Waals surface area (Å²) in [7, 11) is 0. The van der Waals surface area contributed by atoms with Crippen molar-refractivity contribution >= 4 is 5.91 Å². The third kappa shape index (κ3) is 3.30. The SMILES string of the molecule is N[C@@H]1CCC[C@H]1C(=O)NC[C@H](O)c1ccccc1F. The lowest BCUT2D eigenvalue weighted by Gasteiger charge is -2.17. The second-order valence-electron chi connectivity index (χ2n) is 4.98. The molecule has 1 aliphatic rings. The van der Waals surface area contributed by atoms with Gasteiger partial charge in [-0.1, -0.05) is 24.6 Å². The molecule has 0 spiro atoms. The van der Waals surface area contributed by atoms with Gasteiger partial charge < -0.3 is 16.2 Å². The predicted octanol–water partition coefficient (Wildman–Crippen LogP) is 1.10. The first-order valence-corrected chi connectivity index (χ1v) is 6.55. The molecule has 4 nitrogen and oxygen atoms in total. The fraction of sp³-hybridized carbons (Fsp3) is 0.500. The van der Waals surface area contributed by atoms with Crippen molar-refractivity contribution in [3.63, 3.8) is 0 Å². The first-order valence-electron chi connectivity index (χ1n) is 6.55. The molecule has 0 unspecified atom stereocenters. The highest BCUT2D eigenvalue weighted by molar-refractivity contribution is 5.79. The first kappa shape index (κ1) is 14.0. The van der Waals surface area contributed by atoms with Crippen LogP contribution < -0.4 is 11.1 Å². The number of nitrogens with two attached hydrogens (primary N) is 1. The van der Waals surface area contributed by atoms with Crippen LogP contribution in [0.1, 0.15) is 30.9 Å². The lowest BCUT2D eigenvalue weighted by molar-refractivity contribution is -0.125. The highest BCUT2D eigenvalue weighted by atomic mass is 19.1. The van der Waals surface area contributed by atoms with Gasteiger partial charge in [-0.05, 0) is 18.9 Å². The molecule has 1 aliphatic carbocycles. The summed E-state index contributed by atoms with van der Waals surface area (Å²) in [6.45, 7) is 0.00296. The molecule has 0 aromatic heterocycles. The largest absolute Gasteiger partial charge is 0.386 e. The van der Waals surface area contributed by atoms with E-state index in [4.69, 9.17) is 5.73 Å². The molecule has 19 heavy (non-hydrogen) atoms. The van der Waals surface area contributed by atoms with Crippen LogP contribution in [0.3, 0.4) is 0 Å². The quantitative estimate of drug-likeness (QED) is 0.764. The molecule has 0 heterocycles. The van der Waals surface area contributed by atoms with Crippen LogP contribution in [-0.2, 0) is 4.79 Å². The lowest BCUT2D eigenvalue weighted by atomic mass is 10.0. The van der Waals surface area contributed by atoms with Gasteiger partial charge in [0.15, 0.2) is 0 Å². The Kier molecular flexibility index (Phi) is 4.50. The molecule has 0 saturated heterocycles. The Morgan fingerprint density at radius 3 is 2.84 bits per heavy atom. The van der Waals surface area contributed by atoms with Crippen LogP contribution >= 0.6 is 0 Å². The number of carbonyl (C=O) groups is 1. The number of amides is 1. The Morgan fingerprint density at radius 1 is 1.47 bits per heavy atom. The van der Waals surface area contributed by atoms with Crippen LogP contribution in [0, 0.1) is 11.7 Å². The number of hydrogen-bond acceptors (Lipinski definition) is 3. The summed E-state index contributed by atoms with van der Waals surface area (Å²) in [6, 6.07) is 5.89. The van der Waals surface area contributed by atoms with Crippen molar-refractivity contribution in [1.82, 2.24) is 5.32 Å². The molecule has 0 bridgehead atoms. The van der Waals surface area contributed by atoms with Crippen LogP contribution in [0.4, 0.5) is 4.39 Å². The number of rotatable bonds is 4. The Bertz CT molecular complexity index is 453. The van der Waals surface area contributed by atoms with Gasteiger partial charge in [0.1, 0.15) is 5.82 Å². The zero-order chi connectivity index (χ0) is 13.8. The molecule has 0 aliphatic heterocycles. The van der Waals surface area contributed by atoms with E-state index in [0.29, 0.717) is 0 Å². The van der Waals surface area contributed by atoms with Crippen molar-refractivity contribution in [1.29, 1.82) is 0 Å². The van der Waals surface area contributed by atoms with Gasteiger partial charge in [0.25, 0.3) is 0 Å². The summed E-state index contributed by atoms with van der Waals surface area (Å²) in [5.74, 6) is -0.810. The predicted molar refractivity (Wildman–Crippen MR) is 69.7 cm³/mol. The van der Waals surface area contributed by atoms with E-state index in [1.165, 1.54) is 12.1 Å². The molecule has 1 aromatic rings. The number of carbonyl (C=O) groups excluding carboxylic acids is 1. The van der Waals surface area contributed by atoms with E-state index in [1.807, 2.05) is 0 Å². The summed E-state index contributed by atoms with van der Waals surface area (Å²) in [6.07, 6.45) is 1.55. The Morgan fingerprint density at radius 2 is 2.21 bits per heavy atom. The van der Waals surface area contributed by atoms with Crippen molar-refractivity contribution in [2.24, 2.45) is 11.7 Å². The molecular formula is C14H19FN2O2. The van der Waals surface area contributed by atoms with Crippen molar-refractivity contribution in [2.75, 3.05) is 6.54 Å². The summed E-state index contributed by atoms with van der Waals surface area (Å²) < 4.78 is 13.4. The van der Waals surface area contributed by atoms with E-state index in [-0.39, 0.29) is 30.0 Å². The number of halogens is 1. The maximum atomic E-state index is 13.4. The normalized spacial score (nSPS) is 24.2. The van der Waals surface area contributed by atoms with E-state index in [0.717, 1.165) is 19.3 Å². The fourth-order valence-corrected chi connectivity index (χ4v) is 2.50. The first-order chi connectivity index (χ1) is 9.09. The third-order valence-electron chi connectivity index (χ3n) is 3.64. The van der Waals surface area contributed by atoms with Crippen LogP contribution in [0.5, 0.6) is 0 Å². The molecule has 3 atom stereocenters. The lowest BCUT2D eigenvalue weighted by Crippen LogP contribution is -2.40. The zero-order valence-electron chi connectivity index (χ0n) is 10.7. The summed E-state index contributed by atoms with van der Waals surface area (Å²) >= 11 is 0. The highest BCUT2D eigenvalue weighted by Gasteiger charge is 2.30. The second-order valence-corrected chi connectivity index (χ2v) is 4.98. The molecule has 5 heteroatoms. The minimum absolute atomic E-state index is 0.00296. The second kappa shape index (κ2) is 6.12. The van der Waals surface area contributed by atoms with Gasteiger partial charge in [-0.2, -0.15) is 0 Å². The van der Waals surface area contributed by atoms with Gasteiger partial charge in [0, 0.05) is 18.2 Å². The van der Waals surface area contributed by atoms with E-state index in [2.05, 4.69) is 5.32 Å². The fourth-order valence-electron chi connectivity index (χ4n) is 2.50. The van der Waals surface area contributed by atoms with E-state index < -0.39 is 11.9 Å². The van der Waals surface area contributed by atoms with E-state index in [9.17, 15) is 14.3 Å². The third-order valence-corrected chi connectivity index (χ3v) is 3.64. The molecule has 1 aromatic carbocycles. The standard InChI is InChI=1S/C14H19FN2O2/c15-11-6-2-1-4-9(11)13(18)8-17-14(19)10-5-3-7-12(10)16/h1-2,4,6,10,12-13,18H,3,5,7-8,16H2,(H,17,19)/t10-,12-,13+/m1/s1. The molecule has 1 fully saturated rings. The zero-order valence-corrected chi connectivity index (χ0v) is 10.7. The van der Waals surface area contributed by atoms with Gasteiger partial charge in [-0.25, -0.2) is 4.39 Å². The van der Waals surface area contributed by atoms with Crippen molar-refractivity contribution in [2.45, 2.75) is 31.4 Å². The highest BCUT2D eigenvalue weighted by Crippen LogP contribution is 2.24. The van der Waals surface area contributed by atoms with Gasteiger partial charge in [0.2, 0.25) is 5.91 Å². The average molecular weight is 266 g/mol. The van der Waals surface area contributed by atoms with Crippen molar-refractivity contribution in [3.8, 4) is 0 Å². The van der Waals surface area contributed by atoms with Gasteiger partial charge in [-0.3, -0.25) is 4.79 Å². The summed E-state index contributed by atoms with van der Waals surface area (Å²) in [4.78, 5) is 11.9. The number of aliphatic hydroxyl groups excluding tert-OH is 1. The number of nitrogens with one attached hydrogen (secondary N) is 1. The van der Waals surface area contributed by atoms with Gasteiger partial charge in [0.05, 0.1) is 12.0 Å². The monoisotopic (exact) mass is 266 g/mol. The van der Waals surface area contributed by atoms with Gasteiger partial charge in [-0.15, -0.1) is 0 Å². The minimum atomic E-state index is -1.04. The van der Waals surface area contributed by atoms with Crippen LogP contribution in [0.15, 0.2) is 24.3 Å². The maximum Gasteiger partial charge on any atom is 0.224 e. The molecule has 1 amide bonds. The molecule has 2 rings (SSSR count).